The molecule has 0 aliphatic carbocycles. The normalized spacial score (nSPS) is 13.2. The lowest BCUT2D eigenvalue weighted by molar-refractivity contribution is -0.131. The van der Waals surface area contributed by atoms with Crippen molar-refractivity contribution in [3.05, 3.63) is 65.7 Å². The number of phenols is 1. The highest BCUT2D eigenvalue weighted by Crippen LogP contribution is 2.11. The van der Waals surface area contributed by atoms with E-state index in [-0.39, 0.29) is 17.9 Å². The van der Waals surface area contributed by atoms with Crippen LogP contribution in [0.5, 0.6) is 5.75 Å². The van der Waals surface area contributed by atoms with Crippen molar-refractivity contribution in [3.8, 4) is 5.75 Å². The fourth-order valence-corrected chi connectivity index (χ4v) is 3.49. The predicted octanol–water partition coefficient (Wildman–Crippen LogP) is -0.604. The van der Waals surface area contributed by atoms with Gasteiger partial charge in [-0.25, -0.2) is 0 Å². The summed E-state index contributed by atoms with van der Waals surface area (Å²) in [5.74, 6) is -2.39. The quantitative estimate of drug-likeness (QED) is 0.180. The average Bonchev–Trinajstić information content (AvgIpc) is 2.85. The maximum atomic E-state index is 12.6. The number of nitrogens with one attached hydrogen (secondary N) is 3. The Bertz CT molecular complexity index is 1000. The Hall–Kier alpha value is -3.57. The first-order chi connectivity index (χ1) is 16.7. The molecule has 35 heavy (non-hydrogen) atoms. The van der Waals surface area contributed by atoms with E-state index in [1.807, 2.05) is 30.3 Å². The number of thiol groups is 1. The summed E-state index contributed by atoms with van der Waals surface area (Å²) in [6.07, 6.45) is 1.04. The van der Waals surface area contributed by atoms with Crippen LogP contribution in [0, 0.1) is 0 Å². The number of aryl methyl sites for hydroxylation is 1. The molecule has 0 saturated carbocycles. The average molecular weight is 502 g/mol. The molecule has 0 radical (unpaired) electrons. The number of hydrogen-bond acceptors (Lipinski definition) is 7. The summed E-state index contributed by atoms with van der Waals surface area (Å²) in [7, 11) is 0. The molecule has 2 aromatic rings. The van der Waals surface area contributed by atoms with Crippen molar-refractivity contribution in [3.63, 3.8) is 0 Å². The summed E-state index contributed by atoms with van der Waals surface area (Å²) in [5.41, 5.74) is 13.0. The van der Waals surface area contributed by atoms with Gasteiger partial charge in [-0.15, -0.1) is 0 Å². The van der Waals surface area contributed by atoms with Crippen LogP contribution in [0.1, 0.15) is 17.5 Å². The minimum atomic E-state index is -1.04. The zero-order valence-electron chi connectivity index (χ0n) is 19.1. The van der Waals surface area contributed by atoms with Gasteiger partial charge >= 0.3 is 0 Å². The fraction of sp³-hybridized carbons (Fsp3) is 0.333. The molecule has 8 N–H and O–H groups in total. The number of aromatic hydroxyl groups is 1. The van der Waals surface area contributed by atoms with Gasteiger partial charge < -0.3 is 32.5 Å². The van der Waals surface area contributed by atoms with Gasteiger partial charge in [-0.3, -0.25) is 19.2 Å². The molecule has 2 rings (SSSR count). The van der Waals surface area contributed by atoms with Crippen molar-refractivity contribution in [2.75, 3.05) is 12.3 Å². The van der Waals surface area contributed by atoms with Crippen molar-refractivity contribution in [1.82, 2.24) is 16.0 Å². The van der Waals surface area contributed by atoms with Gasteiger partial charge in [0.05, 0.1) is 12.6 Å². The van der Waals surface area contributed by atoms with Crippen LogP contribution in [0.3, 0.4) is 0 Å². The molecule has 0 heterocycles. The first-order valence-corrected chi connectivity index (χ1v) is 11.7. The van der Waals surface area contributed by atoms with E-state index in [2.05, 4.69) is 28.6 Å². The van der Waals surface area contributed by atoms with Crippen LogP contribution in [0.15, 0.2) is 54.6 Å². The minimum absolute atomic E-state index is 0.0317. The summed E-state index contributed by atoms with van der Waals surface area (Å²) in [6.45, 7) is -0.396. The maximum absolute atomic E-state index is 12.6. The Morgan fingerprint density at radius 3 is 2.14 bits per heavy atom. The van der Waals surface area contributed by atoms with E-state index in [9.17, 15) is 24.3 Å². The summed E-state index contributed by atoms with van der Waals surface area (Å²) in [4.78, 5) is 48.9. The molecule has 0 unspecified atom stereocenters. The number of benzene rings is 2. The summed E-state index contributed by atoms with van der Waals surface area (Å²) >= 11 is 4.10. The zero-order chi connectivity index (χ0) is 25.8. The largest absolute Gasteiger partial charge is 0.508 e. The van der Waals surface area contributed by atoms with Crippen LogP contribution in [-0.4, -0.2) is 59.2 Å². The van der Waals surface area contributed by atoms with Gasteiger partial charge in [0.15, 0.2) is 0 Å². The summed E-state index contributed by atoms with van der Waals surface area (Å²) in [6, 6.07) is 12.8. The van der Waals surface area contributed by atoms with Gasteiger partial charge in [0, 0.05) is 5.75 Å². The SMILES string of the molecule is NC(=O)[C@H](CCc1ccccc1)NC(=O)[C@H](CS)NC(=O)CNC(=O)[C@@H](N)Cc1ccc(O)cc1. The Balaban J connectivity index is 1.81. The van der Waals surface area contributed by atoms with Crippen LogP contribution in [-0.2, 0) is 32.0 Å². The highest BCUT2D eigenvalue weighted by Gasteiger charge is 2.25. The van der Waals surface area contributed by atoms with E-state index in [4.69, 9.17) is 11.5 Å². The van der Waals surface area contributed by atoms with Crippen molar-refractivity contribution in [1.29, 1.82) is 0 Å². The lowest BCUT2D eigenvalue weighted by Crippen LogP contribution is -2.55. The third-order valence-corrected chi connectivity index (χ3v) is 5.58. The van der Waals surface area contributed by atoms with Gasteiger partial charge in [-0.2, -0.15) is 12.6 Å². The number of primary amides is 1. The second kappa shape index (κ2) is 14.0. The number of nitrogens with two attached hydrogens (primary N) is 2. The minimum Gasteiger partial charge on any atom is -0.508 e. The number of carbonyl (C=O) groups is 4. The number of rotatable bonds is 13. The Morgan fingerprint density at radius 2 is 1.54 bits per heavy atom. The van der Waals surface area contributed by atoms with E-state index >= 15 is 0 Å². The lowest BCUT2D eigenvalue weighted by atomic mass is 10.0. The molecule has 0 saturated heterocycles. The standard InChI is InChI=1S/C24H31N5O5S/c25-18(12-16-6-9-17(30)10-7-16)23(33)27-13-21(31)28-20(14-35)24(34)29-19(22(26)32)11-8-15-4-2-1-3-5-15/h1-7,9-10,18-20,30,35H,8,11-14,25H2,(H2,26,32)(H,27,33)(H,28,31)(H,29,34)/t18-,19-,20-/m0/s1. The zero-order valence-corrected chi connectivity index (χ0v) is 20.0. The van der Waals surface area contributed by atoms with Gasteiger partial charge in [-0.05, 0) is 42.5 Å². The van der Waals surface area contributed by atoms with Crippen molar-refractivity contribution in [2.45, 2.75) is 37.4 Å². The molecule has 2 aromatic carbocycles. The van der Waals surface area contributed by atoms with Crippen LogP contribution in [0.2, 0.25) is 0 Å². The molecule has 0 bridgehead atoms. The molecule has 11 heteroatoms. The van der Waals surface area contributed by atoms with Crippen LogP contribution < -0.4 is 27.4 Å². The maximum Gasteiger partial charge on any atom is 0.244 e. The molecule has 3 atom stereocenters. The van der Waals surface area contributed by atoms with Crippen molar-refractivity contribution < 1.29 is 24.3 Å². The Morgan fingerprint density at radius 1 is 0.886 bits per heavy atom. The van der Waals surface area contributed by atoms with Crippen LogP contribution in [0.25, 0.3) is 0 Å². The van der Waals surface area contributed by atoms with Crippen LogP contribution >= 0.6 is 12.6 Å². The smallest absolute Gasteiger partial charge is 0.244 e. The molecular formula is C24H31N5O5S. The van der Waals surface area contributed by atoms with Gasteiger partial charge in [0.25, 0.3) is 0 Å². The number of carbonyl (C=O) groups excluding carboxylic acids is 4. The Kier molecular flexibility index (Phi) is 11.0. The van der Waals surface area contributed by atoms with Crippen molar-refractivity contribution in [2.24, 2.45) is 11.5 Å². The highest BCUT2D eigenvalue weighted by atomic mass is 32.1. The molecule has 188 valence electrons. The number of phenolic OH excluding ortho intramolecular Hbond substituents is 1. The highest BCUT2D eigenvalue weighted by molar-refractivity contribution is 7.80. The Labute approximate surface area is 209 Å². The van der Waals surface area contributed by atoms with E-state index in [0.717, 1.165) is 11.1 Å². The van der Waals surface area contributed by atoms with E-state index < -0.39 is 48.3 Å². The molecule has 0 spiro atoms. The fourth-order valence-electron chi connectivity index (χ4n) is 3.23. The molecule has 0 fully saturated rings. The second-order valence-corrected chi connectivity index (χ2v) is 8.35. The van der Waals surface area contributed by atoms with Gasteiger partial charge in [0.1, 0.15) is 17.8 Å². The number of hydrogen-bond donors (Lipinski definition) is 7. The second-order valence-electron chi connectivity index (χ2n) is 7.99. The third kappa shape index (κ3) is 9.67. The topological polar surface area (TPSA) is 177 Å². The van der Waals surface area contributed by atoms with Crippen LogP contribution in [0.4, 0.5) is 0 Å². The monoisotopic (exact) mass is 501 g/mol. The first kappa shape index (κ1) is 27.7. The third-order valence-electron chi connectivity index (χ3n) is 5.21. The summed E-state index contributed by atoms with van der Waals surface area (Å²) < 4.78 is 0. The predicted molar refractivity (Wildman–Crippen MR) is 134 cm³/mol. The molecule has 0 aliphatic heterocycles. The lowest BCUT2D eigenvalue weighted by Gasteiger charge is -2.21. The van der Waals surface area contributed by atoms with E-state index in [0.29, 0.717) is 12.8 Å². The molecular weight excluding hydrogens is 470 g/mol. The van der Waals surface area contributed by atoms with Gasteiger partial charge in [0.2, 0.25) is 23.6 Å². The summed E-state index contributed by atoms with van der Waals surface area (Å²) in [5, 5.41) is 16.8. The molecule has 0 aliphatic rings. The van der Waals surface area contributed by atoms with E-state index in [1.54, 1.807) is 12.1 Å². The van der Waals surface area contributed by atoms with Gasteiger partial charge in [-0.1, -0.05) is 42.5 Å². The van der Waals surface area contributed by atoms with E-state index in [1.165, 1.54) is 12.1 Å². The molecule has 0 aromatic heterocycles. The first-order valence-electron chi connectivity index (χ1n) is 11.0. The molecule has 10 nitrogen and oxygen atoms in total. The molecule has 4 amide bonds. The number of amides is 4. The van der Waals surface area contributed by atoms with Crippen molar-refractivity contribution >= 4 is 36.3 Å².